The van der Waals surface area contributed by atoms with Gasteiger partial charge >= 0.3 is 0 Å². The van der Waals surface area contributed by atoms with Crippen LogP contribution >= 0.6 is 11.6 Å². The number of nitrogens with one attached hydrogen (secondary N) is 1. The van der Waals surface area contributed by atoms with E-state index in [0.29, 0.717) is 11.1 Å². The molecule has 0 unspecified atom stereocenters. The first-order chi connectivity index (χ1) is 10.3. The number of aromatic nitrogens is 3. The number of nitrogens with zero attached hydrogens (tertiary/aromatic N) is 3. The van der Waals surface area contributed by atoms with Crippen molar-refractivity contribution in [1.82, 2.24) is 15.0 Å². The molecule has 0 saturated heterocycles. The molecule has 0 amide bonds. The summed E-state index contributed by atoms with van der Waals surface area (Å²) in [5.41, 5.74) is 1.84. The molecule has 5 heteroatoms. The number of rotatable bonds is 3. The number of hydrogen-bond donors (Lipinski definition) is 1. The average Bonchev–Trinajstić information content (AvgIpc) is 3.32. The number of pyridine rings is 1. The van der Waals surface area contributed by atoms with Gasteiger partial charge in [-0.15, -0.1) is 0 Å². The highest BCUT2D eigenvalue weighted by atomic mass is 35.5. The lowest BCUT2D eigenvalue weighted by molar-refractivity contribution is 0.931. The van der Waals surface area contributed by atoms with Crippen molar-refractivity contribution < 1.29 is 0 Å². The molecule has 1 fully saturated rings. The van der Waals surface area contributed by atoms with Gasteiger partial charge in [0.2, 0.25) is 0 Å². The lowest BCUT2D eigenvalue weighted by atomic mass is 10.2. The van der Waals surface area contributed by atoms with Crippen LogP contribution in [-0.2, 0) is 0 Å². The van der Waals surface area contributed by atoms with Crippen molar-refractivity contribution in [2.24, 2.45) is 0 Å². The van der Waals surface area contributed by atoms with E-state index < -0.39 is 0 Å². The van der Waals surface area contributed by atoms with Crippen molar-refractivity contribution in [1.29, 1.82) is 0 Å². The van der Waals surface area contributed by atoms with Crippen molar-refractivity contribution >= 4 is 34.0 Å². The largest absolute Gasteiger partial charge is 0.338 e. The minimum atomic E-state index is 0.467. The Bertz CT molecular complexity index is 809. The van der Waals surface area contributed by atoms with E-state index in [9.17, 15) is 0 Å². The highest BCUT2D eigenvalue weighted by molar-refractivity contribution is 6.29. The molecule has 2 aromatic heterocycles. The monoisotopic (exact) mass is 296 g/mol. The molecule has 21 heavy (non-hydrogen) atoms. The molecule has 0 spiro atoms. The Morgan fingerprint density at radius 3 is 2.81 bits per heavy atom. The van der Waals surface area contributed by atoms with Gasteiger partial charge < -0.3 is 5.32 Å². The minimum Gasteiger partial charge on any atom is -0.338 e. The van der Waals surface area contributed by atoms with Gasteiger partial charge in [-0.2, -0.15) is 0 Å². The maximum absolute atomic E-state index is 6.10. The number of fused-ring (bicyclic) bond motifs is 1. The lowest BCUT2D eigenvalue weighted by Crippen LogP contribution is -2.00. The van der Waals surface area contributed by atoms with Gasteiger partial charge in [0.15, 0.2) is 0 Å². The Balaban J connectivity index is 1.74. The lowest BCUT2D eigenvalue weighted by Gasteiger charge is -2.09. The molecule has 1 aliphatic rings. The van der Waals surface area contributed by atoms with Crippen LogP contribution in [0.15, 0.2) is 42.6 Å². The number of anilines is 2. The summed E-state index contributed by atoms with van der Waals surface area (Å²) in [4.78, 5) is 13.3. The second-order valence-corrected chi connectivity index (χ2v) is 5.60. The molecule has 3 aromatic rings. The van der Waals surface area contributed by atoms with Gasteiger partial charge in [-0.1, -0.05) is 29.8 Å². The van der Waals surface area contributed by atoms with E-state index >= 15 is 0 Å². The summed E-state index contributed by atoms with van der Waals surface area (Å²) in [5.74, 6) is 2.02. The molecule has 1 saturated carbocycles. The third kappa shape index (κ3) is 2.54. The first-order valence-corrected chi connectivity index (χ1v) is 7.33. The van der Waals surface area contributed by atoms with Crippen LogP contribution in [0.2, 0.25) is 5.15 Å². The molecule has 4 nitrogen and oxygen atoms in total. The van der Waals surface area contributed by atoms with E-state index in [1.807, 2.05) is 30.3 Å². The molecule has 0 aliphatic heterocycles. The zero-order valence-corrected chi connectivity index (χ0v) is 12.0. The van der Waals surface area contributed by atoms with Crippen LogP contribution in [0.5, 0.6) is 0 Å². The molecule has 1 N–H and O–H groups in total. The topological polar surface area (TPSA) is 50.7 Å². The summed E-state index contributed by atoms with van der Waals surface area (Å²) in [6, 6.07) is 11.7. The highest BCUT2D eigenvalue weighted by Gasteiger charge is 2.27. The van der Waals surface area contributed by atoms with Gasteiger partial charge in [-0.05, 0) is 25.0 Å². The molecular formula is C16H13ClN4. The Morgan fingerprint density at radius 2 is 1.95 bits per heavy atom. The van der Waals surface area contributed by atoms with Gasteiger partial charge in [0.25, 0.3) is 0 Å². The Hall–Kier alpha value is -2.20. The molecular weight excluding hydrogens is 284 g/mol. The number of hydrogen-bond acceptors (Lipinski definition) is 4. The zero-order valence-electron chi connectivity index (χ0n) is 11.3. The molecule has 4 rings (SSSR count). The molecule has 1 aromatic carbocycles. The van der Waals surface area contributed by atoms with Gasteiger partial charge in [0.05, 0.1) is 11.2 Å². The summed E-state index contributed by atoms with van der Waals surface area (Å²) >= 11 is 6.10. The van der Waals surface area contributed by atoms with Crippen LogP contribution < -0.4 is 5.32 Å². The Labute approximate surface area is 127 Å². The van der Waals surface area contributed by atoms with Crippen molar-refractivity contribution in [3.8, 4) is 0 Å². The predicted octanol–water partition coefficient (Wildman–Crippen LogP) is 4.30. The van der Waals surface area contributed by atoms with E-state index in [-0.39, 0.29) is 0 Å². The minimum absolute atomic E-state index is 0.467. The van der Waals surface area contributed by atoms with Gasteiger partial charge in [-0.25, -0.2) is 9.97 Å². The number of benzene rings is 1. The molecule has 104 valence electrons. The summed E-state index contributed by atoms with van der Waals surface area (Å²) in [6.07, 6.45) is 4.08. The molecule has 0 bridgehead atoms. The number of para-hydroxylation sites is 1. The van der Waals surface area contributed by atoms with Crippen molar-refractivity contribution in [3.63, 3.8) is 0 Å². The smallest absolute Gasteiger partial charge is 0.135 e. The van der Waals surface area contributed by atoms with Crippen LogP contribution in [0.3, 0.4) is 0 Å². The second-order valence-electron chi connectivity index (χ2n) is 5.21. The quantitative estimate of drug-likeness (QED) is 0.732. The first kappa shape index (κ1) is 12.5. The van der Waals surface area contributed by atoms with Gasteiger partial charge in [0, 0.05) is 23.6 Å². The van der Waals surface area contributed by atoms with E-state index in [4.69, 9.17) is 11.6 Å². The highest BCUT2D eigenvalue weighted by Crippen LogP contribution is 2.39. The van der Waals surface area contributed by atoms with Crippen LogP contribution in [0.4, 0.5) is 11.5 Å². The molecule has 2 heterocycles. The van der Waals surface area contributed by atoms with E-state index in [2.05, 4.69) is 20.3 Å². The zero-order chi connectivity index (χ0) is 14.2. The van der Waals surface area contributed by atoms with Crippen molar-refractivity contribution in [2.45, 2.75) is 18.8 Å². The molecule has 1 aliphatic carbocycles. The summed E-state index contributed by atoms with van der Waals surface area (Å²) in [5, 5.41) is 4.88. The van der Waals surface area contributed by atoms with Crippen LogP contribution in [-0.4, -0.2) is 15.0 Å². The molecule has 0 radical (unpaired) electrons. The standard InChI is InChI=1S/C16H13ClN4/c17-13-9-14(21-16(20-13)11-6-7-11)19-12-5-1-3-10-4-2-8-18-15(10)12/h1-5,8-9,11H,6-7H2,(H,19,20,21). The summed E-state index contributed by atoms with van der Waals surface area (Å²) < 4.78 is 0. The van der Waals surface area contributed by atoms with Crippen LogP contribution in [0.1, 0.15) is 24.6 Å². The SMILES string of the molecule is Clc1cc(Nc2cccc3cccnc23)nc(C2CC2)n1. The summed E-state index contributed by atoms with van der Waals surface area (Å²) in [7, 11) is 0. The maximum Gasteiger partial charge on any atom is 0.135 e. The fourth-order valence-electron chi connectivity index (χ4n) is 2.37. The maximum atomic E-state index is 6.10. The predicted molar refractivity (Wildman–Crippen MR) is 84.0 cm³/mol. The normalized spacial score (nSPS) is 14.3. The Kier molecular flexibility index (Phi) is 2.97. The first-order valence-electron chi connectivity index (χ1n) is 6.95. The fraction of sp³-hybridized carbons (Fsp3) is 0.188. The van der Waals surface area contributed by atoms with E-state index in [1.54, 1.807) is 12.3 Å². The molecule has 0 atom stereocenters. The summed E-state index contributed by atoms with van der Waals surface area (Å²) in [6.45, 7) is 0. The van der Waals surface area contributed by atoms with Crippen LogP contribution in [0.25, 0.3) is 10.9 Å². The Morgan fingerprint density at radius 1 is 1.10 bits per heavy atom. The van der Waals surface area contributed by atoms with Crippen LogP contribution in [0, 0.1) is 0 Å². The third-order valence-corrected chi connectivity index (χ3v) is 3.74. The van der Waals surface area contributed by atoms with E-state index in [0.717, 1.165) is 41.1 Å². The van der Waals surface area contributed by atoms with Gasteiger partial charge in [0.1, 0.15) is 16.8 Å². The second kappa shape index (κ2) is 4.97. The van der Waals surface area contributed by atoms with E-state index in [1.165, 1.54) is 0 Å². The number of halogens is 1. The third-order valence-electron chi connectivity index (χ3n) is 3.55. The average molecular weight is 297 g/mol. The fourth-order valence-corrected chi connectivity index (χ4v) is 2.56. The van der Waals surface area contributed by atoms with Crippen molar-refractivity contribution in [3.05, 3.63) is 53.6 Å². The van der Waals surface area contributed by atoms with Gasteiger partial charge in [-0.3, -0.25) is 4.98 Å². The van der Waals surface area contributed by atoms with Crippen molar-refractivity contribution in [2.75, 3.05) is 5.32 Å².